The number of hydrogen-bond acceptors (Lipinski definition) is 3. The number of aromatic carboxylic acids is 1. The van der Waals surface area contributed by atoms with Gasteiger partial charge in [0.2, 0.25) is 0 Å². The molecule has 0 saturated heterocycles. The van der Waals surface area contributed by atoms with Crippen LogP contribution >= 0.6 is 11.6 Å². The molecule has 1 N–H and O–H groups in total. The van der Waals surface area contributed by atoms with Crippen molar-refractivity contribution in [1.82, 2.24) is 9.88 Å². The Bertz CT molecular complexity index is 616. The molecule has 0 bridgehead atoms. The molecule has 0 spiro atoms. The summed E-state index contributed by atoms with van der Waals surface area (Å²) in [5, 5.41) is 9.63. The van der Waals surface area contributed by atoms with Crippen molar-refractivity contribution in [2.45, 2.75) is 13.1 Å². The average Bonchev–Trinajstić information content (AvgIpc) is 2.38. The molecular formula is C15H15ClN2O2. The quantitative estimate of drug-likeness (QED) is 0.919. The maximum absolute atomic E-state index is 10.9. The zero-order chi connectivity index (χ0) is 14.5. The van der Waals surface area contributed by atoms with Gasteiger partial charge in [0.15, 0.2) is 0 Å². The van der Waals surface area contributed by atoms with E-state index < -0.39 is 5.97 Å². The summed E-state index contributed by atoms with van der Waals surface area (Å²) in [5.74, 6) is -1.01. The van der Waals surface area contributed by atoms with Crippen LogP contribution in [-0.2, 0) is 13.1 Å². The number of carbonyl (C=O) groups is 1. The summed E-state index contributed by atoms with van der Waals surface area (Å²) in [6.45, 7) is 1.30. The SMILES string of the molecule is CN(Cc1cccc(Cl)c1)Cc1cccc(C(=O)O)n1. The minimum atomic E-state index is -1.01. The molecule has 0 aliphatic rings. The molecule has 1 heterocycles. The van der Waals surface area contributed by atoms with E-state index in [1.807, 2.05) is 37.4 Å². The summed E-state index contributed by atoms with van der Waals surface area (Å²) in [4.78, 5) is 17.0. The van der Waals surface area contributed by atoms with Gasteiger partial charge in [-0.2, -0.15) is 0 Å². The Hall–Kier alpha value is -1.91. The maximum atomic E-state index is 10.9. The van der Waals surface area contributed by atoms with E-state index in [4.69, 9.17) is 16.7 Å². The summed E-state index contributed by atoms with van der Waals surface area (Å²) >= 11 is 5.95. The zero-order valence-corrected chi connectivity index (χ0v) is 11.8. The number of hydrogen-bond donors (Lipinski definition) is 1. The first-order valence-electron chi connectivity index (χ1n) is 6.17. The molecule has 2 aromatic rings. The lowest BCUT2D eigenvalue weighted by Crippen LogP contribution is -2.18. The van der Waals surface area contributed by atoms with Crippen LogP contribution in [0.5, 0.6) is 0 Å². The van der Waals surface area contributed by atoms with Gasteiger partial charge in [0.05, 0.1) is 5.69 Å². The normalized spacial score (nSPS) is 10.8. The first-order valence-corrected chi connectivity index (χ1v) is 6.54. The van der Waals surface area contributed by atoms with Crippen molar-refractivity contribution in [3.05, 3.63) is 64.4 Å². The Labute approximate surface area is 122 Å². The Morgan fingerprint density at radius 1 is 1.25 bits per heavy atom. The average molecular weight is 291 g/mol. The van der Waals surface area contributed by atoms with Gasteiger partial charge in [0.1, 0.15) is 5.69 Å². The Morgan fingerprint density at radius 3 is 2.70 bits per heavy atom. The van der Waals surface area contributed by atoms with Gasteiger partial charge in [-0.3, -0.25) is 4.90 Å². The monoisotopic (exact) mass is 290 g/mol. The lowest BCUT2D eigenvalue weighted by molar-refractivity contribution is 0.0690. The summed E-state index contributed by atoms with van der Waals surface area (Å²) in [5.41, 5.74) is 1.91. The van der Waals surface area contributed by atoms with Crippen molar-refractivity contribution in [3.63, 3.8) is 0 Å². The molecule has 4 nitrogen and oxygen atoms in total. The van der Waals surface area contributed by atoms with Crippen LogP contribution in [0.15, 0.2) is 42.5 Å². The standard InChI is InChI=1S/C15H15ClN2O2/c1-18(9-11-4-2-5-12(16)8-11)10-13-6-3-7-14(17-13)15(19)20/h2-8H,9-10H2,1H3,(H,19,20). The summed E-state index contributed by atoms with van der Waals surface area (Å²) in [7, 11) is 1.95. The summed E-state index contributed by atoms with van der Waals surface area (Å²) in [6.07, 6.45) is 0. The molecule has 20 heavy (non-hydrogen) atoms. The van der Waals surface area contributed by atoms with Crippen LogP contribution in [0.1, 0.15) is 21.7 Å². The second-order valence-corrected chi connectivity index (χ2v) is 5.06. The van der Waals surface area contributed by atoms with Gasteiger partial charge in [-0.15, -0.1) is 0 Å². The third-order valence-electron chi connectivity index (χ3n) is 2.80. The van der Waals surface area contributed by atoms with E-state index in [2.05, 4.69) is 9.88 Å². The van der Waals surface area contributed by atoms with Crippen LogP contribution in [0, 0.1) is 0 Å². The van der Waals surface area contributed by atoms with Crippen LogP contribution in [0.4, 0.5) is 0 Å². The summed E-state index contributed by atoms with van der Waals surface area (Å²) in [6, 6.07) is 12.7. The topological polar surface area (TPSA) is 53.4 Å². The first kappa shape index (κ1) is 14.5. The predicted octanol–water partition coefficient (Wildman–Crippen LogP) is 3.07. The van der Waals surface area contributed by atoms with Crippen LogP contribution in [0.3, 0.4) is 0 Å². The molecular weight excluding hydrogens is 276 g/mol. The highest BCUT2D eigenvalue weighted by molar-refractivity contribution is 6.30. The molecule has 104 valence electrons. The van der Waals surface area contributed by atoms with Gasteiger partial charge < -0.3 is 5.11 Å². The predicted molar refractivity (Wildman–Crippen MR) is 77.8 cm³/mol. The van der Waals surface area contributed by atoms with Crippen LogP contribution in [0.2, 0.25) is 5.02 Å². The molecule has 0 aliphatic carbocycles. The number of halogens is 1. The molecule has 0 amide bonds. The highest BCUT2D eigenvalue weighted by Gasteiger charge is 2.07. The number of aromatic nitrogens is 1. The van der Waals surface area contributed by atoms with Crippen molar-refractivity contribution >= 4 is 17.6 Å². The van der Waals surface area contributed by atoms with Gasteiger partial charge in [-0.1, -0.05) is 29.8 Å². The molecule has 0 aliphatic heterocycles. The Kier molecular flexibility index (Phi) is 4.71. The van der Waals surface area contributed by atoms with Crippen LogP contribution in [0.25, 0.3) is 0 Å². The van der Waals surface area contributed by atoms with Crippen molar-refractivity contribution in [2.24, 2.45) is 0 Å². The Balaban J connectivity index is 2.02. The number of rotatable bonds is 5. The van der Waals surface area contributed by atoms with E-state index in [1.165, 1.54) is 6.07 Å². The fourth-order valence-corrected chi connectivity index (χ4v) is 2.18. The smallest absolute Gasteiger partial charge is 0.354 e. The third kappa shape index (κ3) is 4.05. The van der Waals surface area contributed by atoms with E-state index in [1.54, 1.807) is 6.07 Å². The Morgan fingerprint density at radius 2 is 2.00 bits per heavy atom. The molecule has 5 heteroatoms. The highest BCUT2D eigenvalue weighted by atomic mass is 35.5. The molecule has 1 aromatic heterocycles. The number of benzene rings is 1. The maximum Gasteiger partial charge on any atom is 0.354 e. The fraction of sp³-hybridized carbons (Fsp3) is 0.200. The minimum Gasteiger partial charge on any atom is -0.477 e. The first-order chi connectivity index (χ1) is 9.54. The number of carboxylic acids is 1. The number of nitrogens with zero attached hydrogens (tertiary/aromatic N) is 2. The molecule has 0 saturated carbocycles. The van der Waals surface area contributed by atoms with Crippen LogP contribution < -0.4 is 0 Å². The fourth-order valence-electron chi connectivity index (χ4n) is 1.97. The minimum absolute atomic E-state index is 0.0682. The van der Waals surface area contributed by atoms with Crippen molar-refractivity contribution < 1.29 is 9.90 Å². The molecule has 2 rings (SSSR count). The van der Waals surface area contributed by atoms with E-state index in [0.29, 0.717) is 11.6 Å². The van der Waals surface area contributed by atoms with Gasteiger partial charge in [0, 0.05) is 18.1 Å². The van der Waals surface area contributed by atoms with E-state index >= 15 is 0 Å². The molecule has 0 unspecified atom stereocenters. The largest absolute Gasteiger partial charge is 0.477 e. The van der Waals surface area contributed by atoms with E-state index in [-0.39, 0.29) is 5.69 Å². The van der Waals surface area contributed by atoms with Gasteiger partial charge in [0.25, 0.3) is 0 Å². The number of carboxylic acid groups (broad SMARTS) is 1. The third-order valence-corrected chi connectivity index (χ3v) is 3.03. The van der Waals surface area contributed by atoms with Crippen molar-refractivity contribution in [3.8, 4) is 0 Å². The lowest BCUT2D eigenvalue weighted by atomic mass is 10.2. The van der Waals surface area contributed by atoms with Gasteiger partial charge >= 0.3 is 5.97 Å². The molecule has 1 aromatic carbocycles. The molecule has 0 radical (unpaired) electrons. The second kappa shape index (κ2) is 6.50. The molecule has 0 fully saturated rings. The van der Waals surface area contributed by atoms with Gasteiger partial charge in [-0.25, -0.2) is 9.78 Å². The zero-order valence-electron chi connectivity index (χ0n) is 11.1. The number of pyridine rings is 1. The summed E-state index contributed by atoms with van der Waals surface area (Å²) < 4.78 is 0. The van der Waals surface area contributed by atoms with Gasteiger partial charge in [-0.05, 0) is 36.9 Å². The molecule has 0 atom stereocenters. The highest BCUT2D eigenvalue weighted by Crippen LogP contribution is 2.13. The van der Waals surface area contributed by atoms with Crippen molar-refractivity contribution in [2.75, 3.05) is 7.05 Å². The van der Waals surface area contributed by atoms with E-state index in [0.717, 1.165) is 17.8 Å². The lowest BCUT2D eigenvalue weighted by Gasteiger charge is -2.16. The van der Waals surface area contributed by atoms with Crippen molar-refractivity contribution in [1.29, 1.82) is 0 Å². The van der Waals surface area contributed by atoms with Crippen LogP contribution in [-0.4, -0.2) is 28.0 Å². The van der Waals surface area contributed by atoms with E-state index in [9.17, 15) is 4.79 Å². The second-order valence-electron chi connectivity index (χ2n) is 4.62.